The molecule has 5 heteroatoms. The van der Waals surface area contributed by atoms with E-state index in [0.29, 0.717) is 30.8 Å². The molecule has 116 valence electrons. The normalized spacial score (nSPS) is 24.7. The highest BCUT2D eigenvalue weighted by atomic mass is 16.5. The van der Waals surface area contributed by atoms with Crippen molar-refractivity contribution >= 4 is 5.78 Å². The molecule has 0 aromatic carbocycles. The van der Waals surface area contributed by atoms with Gasteiger partial charge in [0.05, 0.1) is 12.6 Å². The van der Waals surface area contributed by atoms with Crippen LogP contribution in [0.3, 0.4) is 0 Å². The average Bonchev–Trinajstić information content (AvgIpc) is 2.48. The maximum absolute atomic E-state index is 12.6. The van der Waals surface area contributed by atoms with E-state index in [2.05, 4.69) is 10.2 Å². The fourth-order valence-corrected chi connectivity index (χ4v) is 3.47. The molecule has 0 radical (unpaired) electrons. The number of carbonyl (C=O) groups is 1. The number of nitrogens with one attached hydrogen (secondary N) is 1. The number of hydrogen-bond donors (Lipinski definition) is 2. The Morgan fingerprint density at radius 2 is 1.95 bits per heavy atom. The summed E-state index contributed by atoms with van der Waals surface area (Å²) < 4.78 is 5.08. The van der Waals surface area contributed by atoms with Crippen molar-refractivity contribution in [3.05, 3.63) is 0 Å². The third kappa shape index (κ3) is 4.25. The average molecular weight is 283 g/mol. The largest absolute Gasteiger partial charge is 0.384 e. The van der Waals surface area contributed by atoms with Crippen LogP contribution in [0, 0.1) is 5.92 Å². The SMILES string of the molecule is COCCC(=O)C(C1CCNCC1)N1CCC(N)CC1. The minimum absolute atomic E-state index is 0.0831. The first-order valence-corrected chi connectivity index (χ1v) is 7.94. The standard InChI is InChI=1S/C15H29N3O2/c1-20-11-6-14(19)15(12-2-7-17-8-3-12)18-9-4-13(16)5-10-18/h12-13,15,17H,2-11,16H2,1H3. The van der Waals surface area contributed by atoms with Gasteiger partial charge in [0.15, 0.2) is 5.78 Å². The Morgan fingerprint density at radius 3 is 2.55 bits per heavy atom. The molecule has 0 bridgehead atoms. The van der Waals surface area contributed by atoms with Crippen molar-refractivity contribution in [2.45, 2.75) is 44.2 Å². The summed E-state index contributed by atoms with van der Waals surface area (Å²) in [5.41, 5.74) is 5.99. The third-order valence-electron chi connectivity index (χ3n) is 4.68. The molecule has 2 heterocycles. The molecule has 2 aliphatic heterocycles. The maximum Gasteiger partial charge on any atom is 0.152 e. The summed E-state index contributed by atoms with van der Waals surface area (Å²) in [6, 6.07) is 0.397. The lowest BCUT2D eigenvalue weighted by Crippen LogP contribution is -2.53. The Kier molecular flexibility index (Phi) is 6.42. The first-order valence-electron chi connectivity index (χ1n) is 7.94. The predicted molar refractivity (Wildman–Crippen MR) is 79.7 cm³/mol. The van der Waals surface area contributed by atoms with Crippen molar-refractivity contribution < 1.29 is 9.53 Å². The molecule has 2 fully saturated rings. The van der Waals surface area contributed by atoms with Crippen LogP contribution >= 0.6 is 0 Å². The molecule has 20 heavy (non-hydrogen) atoms. The molecule has 0 saturated carbocycles. The van der Waals surface area contributed by atoms with Gasteiger partial charge >= 0.3 is 0 Å². The Morgan fingerprint density at radius 1 is 1.30 bits per heavy atom. The monoisotopic (exact) mass is 283 g/mol. The summed E-state index contributed by atoms with van der Waals surface area (Å²) in [5.74, 6) is 0.851. The van der Waals surface area contributed by atoms with Crippen molar-refractivity contribution in [3.8, 4) is 0 Å². The number of ketones is 1. The van der Waals surface area contributed by atoms with E-state index in [-0.39, 0.29) is 6.04 Å². The van der Waals surface area contributed by atoms with Crippen molar-refractivity contribution in [2.75, 3.05) is 39.9 Å². The smallest absolute Gasteiger partial charge is 0.152 e. The maximum atomic E-state index is 12.6. The van der Waals surface area contributed by atoms with E-state index >= 15 is 0 Å². The molecular formula is C15H29N3O2. The highest BCUT2D eigenvalue weighted by Crippen LogP contribution is 2.25. The molecule has 3 N–H and O–H groups in total. The molecule has 2 saturated heterocycles. The van der Waals surface area contributed by atoms with E-state index in [1.54, 1.807) is 7.11 Å². The van der Waals surface area contributed by atoms with Crippen LogP contribution in [0.5, 0.6) is 0 Å². The summed E-state index contributed by atoms with van der Waals surface area (Å²) in [7, 11) is 1.66. The zero-order valence-electron chi connectivity index (χ0n) is 12.6. The number of nitrogens with zero attached hydrogens (tertiary/aromatic N) is 1. The van der Waals surface area contributed by atoms with Crippen LogP contribution in [0.2, 0.25) is 0 Å². The predicted octanol–water partition coefficient (Wildman–Crippen LogP) is 0.383. The highest BCUT2D eigenvalue weighted by molar-refractivity contribution is 5.84. The molecule has 0 aromatic heterocycles. The Labute approximate surface area is 122 Å². The van der Waals surface area contributed by atoms with E-state index in [4.69, 9.17) is 10.5 Å². The van der Waals surface area contributed by atoms with Gasteiger partial charge in [-0.05, 0) is 44.7 Å². The summed E-state index contributed by atoms with van der Waals surface area (Å²) in [6.45, 7) is 4.54. The van der Waals surface area contributed by atoms with Crippen molar-refractivity contribution in [3.63, 3.8) is 0 Å². The van der Waals surface area contributed by atoms with Gasteiger partial charge in [-0.1, -0.05) is 0 Å². The lowest BCUT2D eigenvalue weighted by Gasteiger charge is -2.41. The molecular weight excluding hydrogens is 254 g/mol. The van der Waals surface area contributed by atoms with Gasteiger partial charge < -0.3 is 15.8 Å². The van der Waals surface area contributed by atoms with E-state index in [9.17, 15) is 4.79 Å². The molecule has 0 amide bonds. The lowest BCUT2D eigenvalue weighted by molar-refractivity contribution is -0.128. The van der Waals surface area contributed by atoms with Crippen LogP contribution in [0.25, 0.3) is 0 Å². The molecule has 2 aliphatic rings. The summed E-state index contributed by atoms with van der Waals surface area (Å²) >= 11 is 0. The fourth-order valence-electron chi connectivity index (χ4n) is 3.47. The minimum atomic E-state index is 0.0831. The third-order valence-corrected chi connectivity index (χ3v) is 4.68. The summed E-state index contributed by atoms with van der Waals surface area (Å²) in [6.07, 6.45) is 4.77. The number of nitrogens with two attached hydrogens (primary N) is 1. The van der Waals surface area contributed by atoms with Crippen LogP contribution in [0.15, 0.2) is 0 Å². The molecule has 5 nitrogen and oxygen atoms in total. The van der Waals surface area contributed by atoms with Gasteiger partial charge in [0.1, 0.15) is 0 Å². The van der Waals surface area contributed by atoms with Gasteiger partial charge in [0.25, 0.3) is 0 Å². The Balaban J connectivity index is 2.00. The minimum Gasteiger partial charge on any atom is -0.384 e. The highest BCUT2D eigenvalue weighted by Gasteiger charge is 2.35. The van der Waals surface area contributed by atoms with Gasteiger partial charge in [-0.15, -0.1) is 0 Å². The Bertz CT molecular complexity index is 297. The van der Waals surface area contributed by atoms with Gasteiger partial charge in [-0.25, -0.2) is 0 Å². The molecule has 1 unspecified atom stereocenters. The Hall–Kier alpha value is -0.490. The second kappa shape index (κ2) is 8.08. The number of rotatable bonds is 6. The van der Waals surface area contributed by atoms with Crippen LogP contribution in [-0.2, 0) is 9.53 Å². The first kappa shape index (κ1) is 15.9. The number of methoxy groups -OCH3 is 1. The second-order valence-electron chi connectivity index (χ2n) is 6.11. The van der Waals surface area contributed by atoms with Gasteiger partial charge in [-0.2, -0.15) is 0 Å². The summed E-state index contributed by atoms with van der Waals surface area (Å²) in [4.78, 5) is 15.0. The van der Waals surface area contributed by atoms with Crippen molar-refractivity contribution in [1.29, 1.82) is 0 Å². The number of likely N-dealkylation sites (tertiary alicyclic amines) is 1. The topological polar surface area (TPSA) is 67.6 Å². The van der Waals surface area contributed by atoms with Crippen LogP contribution in [-0.4, -0.2) is 62.7 Å². The number of Topliss-reactive ketones (excluding diaryl/α,β-unsaturated/α-hetero) is 1. The molecule has 0 spiro atoms. The van der Waals surface area contributed by atoms with Crippen LogP contribution in [0.4, 0.5) is 0 Å². The molecule has 1 atom stereocenters. The van der Waals surface area contributed by atoms with E-state index in [1.807, 2.05) is 0 Å². The molecule has 0 aliphatic carbocycles. The first-order chi connectivity index (χ1) is 9.72. The van der Waals surface area contributed by atoms with E-state index in [1.165, 1.54) is 0 Å². The van der Waals surface area contributed by atoms with Gasteiger partial charge in [0, 0.05) is 32.7 Å². The number of carbonyl (C=O) groups excluding carboxylic acids is 1. The lowest BCUT2D eigenvalue weighted by atomic mass is 9.84. The zero-order chi connectivity index (χ0) is 14.4. The molecule has 2 rings (SSSR count). The zero-order valence-corrected chi connectivity index (χ0v) is 12.6. The van der Waals surface area contributed by atoms with Gasteiger partial charge in [-0.3, -0.25) is 9.69 Å². The van der Waals surface area contributed by atoms with E-state index in [0.717, 1.165) is 51.9 Å². The quantitative estimate of drug-likeness (QED) is 0.738. The van der Waals surface area contributed by atoms with Gasteiger partial charge in [0.2, 0.25) is 0 Å². The number of piperidine rings is 2. The number of hydrogen-bond acceptors (Lipinski definition) is 5. The van der Waals surface area contributed by atoms with Crippen LogP contribution < -0.4 is 11.1 Å². The second-order valence-corrected chi connectivity index (χ2v) is 6.11. The van der Waals surface area contributed by atoms with Crippen molar-refractivity contribution in [2.24, 2.45) is 11.7 Å². The summed E-state index contributed by atoms with van der Waals surface area (Å²) in [5, 5.41) is 3.39. The van der Waals surface area contributed by atoms with Crippen LogP contribution in [0.1, 0.15) is 32.1 Å². The number of ether oxygens (including phenoxy) is 1. The fraction of sp³-hybridized carbons (Fsp3) is 0.933. The van der Waals surface area contributed by atoms with Crippen molar-refractivity contribution in [1.82, 2.24) is 10.2 Å². The van der Waals surface area contributed by atoms with E-state index < -0.39 is 0 Å². The molecule has 0 aromatic rings.